The molecule has 4 heteroatoms. The maximum absolute atomic E-state index is 14.3. The number of aliphatic hydroxyl groups excluding tert-OH is 1. The molecule has 0 bridgehead atoms. The van der Waals surface area contributed by atoms with E-state index < -0.39 is 0 Å². The van der Waals surface area contributed by atoms with E-state index in [1.165, 1.54) is 6.20 Å². The molecule has 1 aromatic heterocycles. The van der Waals surface area contributed by atoms with Crippen LogP contribution in [0.4, 0.5) is 4.39 Å². The number of rotatable bonds is 6. The van der Waals surface area contributed by atoms with Crippen molar-refractivity contribution in [2.24, 2.45) is 0 Å². The second-order valence-corrected chi connectivity index (χ2v) is 6.81. The van der Waals surface area contributed by atoms with Crippen molar-refractivity contribution in [3.05, 3.63) is 53.1 Å². The van der Waals surface area contributed by atoms with Crippen molar-refractivity contribution in [2.75, 3.05) is 0 Å². The predicted octanol–water partition coefficient (Wildman–Crippen LogP) is 4.31. The molecule has 0 amide bonds. The molecular weight excluding hydrogens is 303 g/mol. The zero-order valence-corrected chi connectivity index (χ0v) is 15.2. The minimum absolute atomic E-state index is 0.0194. The zero-order valence-electron chi connectivity index (χ0n) is 15.2. The second kappa shape index (κ2) is 7.86. The number of hydrogen-bond donors (Lipinski definition) is 1. The zero-order chi connectivity index (χ0) is 17.9. The summed E-state index contributed by atoms with van der Waals surface area (Å²) in [6.45, 7) is 11.2. The van der Waals surface area contributed by atoms with Crippen molar-refractivity contribution in [2.45, 2.75) is 59.9 Å². The van der Waals surface area contributed by atoms with Gasteiger partial charge in [0.05, 0.1) is 12.8 Å². The molecule has 24 heavy (non-hydrogen) atoms. The van der Waals surface area contributed by atoms with Crippen molar-refractivity contribution >= 4 is 0 Å². The molecule has 0 saturated carbocycles. The van der Waals surface area contributed by atoms with Crippen LogP contribution in [0.15, 0.2) is 30.5 Å². The van der Waals surface area contributed by atoms with Crippen LogP contribution < -0.4 is 0 Å². The number of aryl methyl sites for hydroxylation is 1. The van der Waals surface area contributed by atoms with Gasteiger partial charge in [-0.3, -0.25) is 9.88 Å². The summed E-state index contributed by atoms with van der Waals surface area (Å²) in [5, 5.41) is 9.48. The molecule has 0 aliphatic rings. The summed E-state index contributed by atoms with van der Waals surface area (Å²) in [5.41, 5.74) is 4.07. The molecule has 1 heterocycles. The van der Waals surface area contributed by atoms with E-state index in [0.717, 1.165) is 22.4 Å². The first-order valence-corrected chi connectivity index (χ1v) is 8.44. The predicted molar refractivity (Wildman–Crippen MR) is 96.1 cm³/mol. The van der Waals surface area contributed by atoms with Crippen molar-refractivity contribution in [3.8, 4) is 11.1 Å². The maximum Gasteiger partial charge on any atom is 0.149 e. The standard InChI is InChI=1S/C20H27FN2O/c1-13(2)23(14(3)4)11-17-9-16(12-24)6-7-18(17)19-8-15(5)22-10-20(19)21/h6-10,13-14,24H,11-12H2,1-5H3. The number of aliphatic hydroxyl groups is 1. The van der Waals surface area contributed by atoms with Crippen LogP contribution in [-0.2, 0) is 13.2 Å². The van der Waals surface area contributed by atoms with E-state index in [2.05, 4.69) is 37.6 Å². The number of aromatic nitrogens is 1. The fourth-order valence-corrected chi connectivity index (χ4v) is 3.05. The van der Waals surface area contributed by atoms with E-state index in [0.29, 0.717) is 24.2 Å². The minimum Gasteiger partial charge on any atom is -0.392 e. The van der Waals surface area contributed by atoms with E-state index >= 15 is 0 Å². The number of halogens is 1. The summed E-state index contributed by atoms with van der Waals surface area (Å²) in [6.07, 6.45) is 1.27. The van der Waals surface area contributed by atoms with Crippen LogP contribution in [0, 0.1) is 12.7 Å². The lowest BCUT2D eigenvalue weighted by Gasteiger charge is -2.31. The average Bonchev–Trinajstić information content (AvgIpc) is 2.54. The highest BCUT2D eigenvalue weighted by molar-refractivity contribution is 5.68. The lowest BCUT2D eigenvalue weighted by atomic mass is 9.96. The Labute approximate surface area is 144 Å². The molecule has 0 fully saturated rings. The molecule has 0 unspecified atom stereocenters. The summed E-state index contributed by atoms with van der Waals surface area (Å²) < 4.78 is 14.3. The van der Waals surface area contributed by atoms with Crippen molar-refractivity contribution in [1.82, 2.24) is 9.88 Å². The average molecular weight is 330 g/mol. The van der Waals surface area contributed by atoms with Gasteiger partial charge in [-0.2, -0.15) is 0 Å². The molecule has 130 valence electrons. The normalized spacial score (nSPS) is 11.8. The van der Waals surface area contributed by atoms with E-state index in [-0.39, 0.29) is 12.4 Å². The maximum atomic E-state index is 14.3. The molecule has 0 spiro atoms. The molecule has 1 aromatic carbocycles. The fourth-order valence-electron chi connectivity index (χ4n) is 3.05. The van der Waals surface area contributed by atoms with Crippen LogP contribution in [-0.4, -0.2) is 27.1 Å². The van der Waals surface area contributed by atoms with Crippen molar-refractivity contribution in [3.63, 3.8) is 0 Å². The molecule has 0 radical (unpaired) electrons. The van der Waals surface area contributed by atoms with E-state index in [4.69, 9.17) is 0 Å². The third-order valence-corrected chi connectivity index (χ3v) is 4.31. The van der Waals surface area contributed by atoms with Gasteiger partial charge < -0.3 is 5.11 Å². The number of hydrogen-bond acceptors (Lipinski definition) is 3. The highest BCUT2D eigenvalue weighted by Crippen LogP contribution is 2.29. The van der Waals surface area contributed by atoms with Crippen LogP contribution in [0.3, 0.4) is 0 Å². The Morgan fingerprint density at radius 3 is 2.33 bits per heavy atom. The van der Waals surface area contributed by atoms with Crippen molar-refractivity contribution < 1.29 is 9.50 Å². The van der Waals surface area contributed by atoms with Gasteiger partial charge in [0.2, 0.25) is 0 Å². The Morgan fingerprint density at radius 2 is 1.75 bits per heavy atom. The summed E-state index contributed by atoms with van der Waals surface area (Å²) >= 11 is 0. The van der Waals surface area contributed by atoms with Crippen LogP contribution in [0.5, 0.6) is 0 Å². The molecule has 2 aromatic rings. The van der Waals surface area contributed by atoms with Crippen LogP contribution in [0.25, 0.3) is 11.1 Å². The molecule has 2 rings (SSSR count). The smallest absolute Gasteiger partial charge is 0.149 e. The Hall–Kier alpha value is -1.78. The van der Waals surface area contributed by atoms with Gasteiger partial charge in [0.15, 0.2) is 0 Å². The van der Waals surface area contributed by atoms with Gasteiger partial charge in [0, 0.05) is 29.9 Å². The monoisotopic (exact) mass is 330 g/mol. The minimum atomic E-state index is -0.320. The first-order chi connectivity index (χ1) is 11.3. The summed E-state index contributed by atoms with van der Waals surface area (Å²) in [5.74, 6) is -0.320. The number of nitrogens with zero attached hydrogens (tertiary/aromatic N) is 2. The Morgan fingerprint density at radius 1 is 1.08 bits per heavy atom. The molecule has 3 nitrogen and oxygen atoms in total. The topological polar surface area (TPSA) is 36.4 Å². The largest absolute Gasteiger partial charge is 0.392 e. The number of pyridine rings is 1. The van der Waals surface area contributed by atoms with Crippen LogP contribution >= 0.6 is 0 Å². The third kappa shape index (κ3) is 4.19. The van der Waals surface area contributed by atoms with E-state index in [1.807, 2.05) is 25.1 Å². The van der Waals surface area contributed by atoms with Crippen LogP contribution in [0.2, 0.25) is 0 Å². The molecule has 0 saturated heterocycles. The van der Waals surface area contributed by atoms with E-state index in [1.54, 1.807) is 6.07 Å². The summed E-state index contributed by atoms with van der Waals surface area (Å²) in [7, 11) is 0. The molecule has 0 atom stereocenters. The quantitative estimate of drug-likeness (QED) is 0.857. The van der Waals surface area contributed by atoms with Gasteiger partial charge in [-0.1, -0.05) is 18.2 Å². The fraction of sp³-hybridized carbons (Fsp3) is 0.450. The summed E-state index contributed by atoms with van der Waals surface area (Å²) in [6, 6.07) is 8.25. The lowest BCUT2D eigenvalue weighted by Crippen LogP contribution is -2.36. The lowest BCUT2D eigenvalue weighted by molar-refractivity contribution is 0.166. The van der Waals surface area contributed by atoms with Gasteiger partial charge in [0.25, 0.3) is 0 Å². The highest BCUT2D eigenvalue weighted by Gasteiger charge is 2.18. The Balaban J connectivity index is 2.54. The Bertz CT molecular complexity index is 690. The van der Waals surface area contributed by atoms with Gasteiger partial charge >= 0.3 is 0 Å². The van der Waals surface area contributed by atoms with Gasteiger partial charge in [-0.05, 0) is 57.4 Å². The van der Waals surface area contributed by atoms with Gasteiger partial charge in [-0.25, -0.2) is 4.39 Å². The Kier molecular flexibility index (Phi) is 6.08. The van der Waals surface area contributed by atoms with Crippen molar-refractivity contribution in [1.29, 1.82) is 0 Å². The first kappa shape index (κ1) is 18.6. The highest BCUT2D eigenvalue weighted by atomic mass is 19.1. The third-order valence-electron chi connectivity index (χ3n) is 4.31. The molecule has 0 aliphatic heterocycles. The van der Waals surface area contributed by atoms with Gasteiger partial charge in [-0.15, -0.1) is 0 Å². The van der Waals surface area contributed by atoms with Crippen LogP contribution in [0.1, 0.15) is 44.5 Å². The molecule has 0 aliphatic carbocycles. The van der Waals surface area contributed by atoms with Gasteiger partial charge in [0.1, 0.15) is 5.82 Å². The SMILES string of the molecule is Cc1cc(-c2ccc(CO)cc2CN(C(C)C)C(C)C)c(F)cn1. The molecular formula is C20H27FN2O. The summed E-state index contributed by atoms with van der Waals surface area (Å²) in [4.78, 5) is 6.37. The van der Waals surface area contributed by atoms with E-state index in [9.17, 15) is 9.50 Å². The first-order valence-electron chi connectivity index (χ1n) is 8.44. The molecule has 1 N–H and O–H groups in total. The second-order valence-electron chi connectivity index (χ2n) is 6.81. The number of benzene rings is 1.